The standard InChI is InChI=1S/C34H54N10O2.4ClHO4.2Cu.2H2O/c1-27-19-29-23-39-7-5-37-9-16-44(14-4-36)18-12-42-26-32-22-28(2)20-30(34(32)46)24-40-8-6-38-10-15-43(13-3-35)17-11-41-25-31(21-27)33(29)45;4*2-1(3,4)5;;;;/h19-26,37-38,45-46H,3-18,35-36H2,1-2H3;4*(H,2,3,4,5);;;2*1H2/q;;;;;2*+2;;/p-4. The van der Waals surface area contributed by atoms with Crippen LogP contribution in [0.2, 0.25) is 0 Å². The van der Waals surface area contributed by atoms with Gasteiger partial charge in [0, 0.05) is 126 Å². The maximum atomic E-state index is 10.9. The summed E-state index contributed by atoms with van der Waals surface area (Å²) in [5.41, 5.74) is 16.5. The third kappa shape index (κ3) is 56.9. The second kappa shape index (κ2) is 43.4. The molecule has 30 nitrogen and oxygen atoms in total. The predicted molar refractivity (Wildman–Crippen MR) is 199 cm³/mol. The van der Waals surface area contributed by atoms with E-state index in [9.17, 15) is 10.2 Å². The summed E-state index contributed by atoms with van der Waals surface area (Å²) in [5.74, 6) is 0.378. The number of benzene rings is 2. The van der Waals surface area contributed by atoms with Crippen LogP contribution in [0.1, 0.15) is 33.4 Å². The molecule has 0 amide bonds. The van der Waals surface area contributed by atoms with Crippen molar-refractivity contribution < 1.29 is 171 Å². The Morgan fingerprint density at radius 1 is 0.457 bits per heavy atom. The van der Waals surface area contributed by atoms with Crippen LogP contribution in [0.25, 0.3) is 0 Å². The number of aliphatic imine (C=N–C) groups is 4. The number of nitrogens with two attached hydrogens (primary N) is 2. The van der Waals surface area contributed by atoms with Gasteiger partial charge in [-0.2, -0.15) is 0 Å². The summed E-state index contributed by atoms with van der Waals surface area (Å²) in [6, 6.07) is 7.73. The Hall–Kier alpha value is -2.04. The van der Waals surface area contributed by atoms with Crippen LogP contribution < -0.4 is 96.6 Å². The maximum absolute atomic E-state index is 10.9. The fourth-order valence-electron chi connectivity index (χ4n) is 5.16. The SMILES string of the molecule is Cc1cc2c(O)c(c1)C=NCCN(CCN)CCNCCN=Cc1cc(C)cc(c1O)C=NCCN(CCN)CCNCCN=C2.O.O.[Cu+2].[Cu+2].[O-][Cl+3]([O-])([O-])[O-].[O-][Cl+3]([O-])([O-])[O-].[O-][Cl+3]([O-])([O-])[O-].[O-][Cl+3]([O-])([O-])[O-]. The topological polar surface area (TPSA) is 604 Å². The molecule has 0 aromatic heterocycles. The monoisotopic (exact) mass is 1190 g/mol. The van der Waals surface area contributed by atoms with Crippen molar-refractivity contribution in [3.8, 4) is 11.5 Å². The molecule has 2 aromatic carbocycles. The number of phenols is 2. The van der Waals surface area contributed by atoms with Crippen molar-refractivity contribution in [3.63, 3.8) is 0 Å². The van der Waals surface area contributed by atoms with E-state index in [4.69, 9.17) is 86.0 Å². The van der Waals surface area contributed by atoms with Gasteiger partial charge in [-0.05, 0) is 49.2 Å². The van der Waals surface area contributed by atoms with Gasteiger partial charge in [0.15, 0.2) is 0 Å². The van der Waals surface area contributed by atoms with Crippen LogP contribution in [-0.2, 0) is 34.1 Å². The fourth-order valence-corrected chi connectivity index (χ4v) is 5.16. The van der Waals surface area contributed by atoms with Gasteiger partial charge in [0.1, 0.15) is 11.5 Å². The van der Waals surface area contributed by atoms with Gasteiger partial charge in [0.2, 0.25) is 0 Å². The van der Waals surface area contributed by atoms with Crippen molar-refractivity contribution in [1.82, 2.24) is 20.4 Å². The fraction of sp³-hybridized carbons (Fsp3) is 0.529. The molecule has 0 saturated heterocycles. The first-order valence-corrected chi connectivity index (χ1v) is 23.7. The maximum Gasteiger partial charge on any atom is 2.00 e. The van der Waals surface area contributed by atoms with Gasteiger partial charge in [-0.25, -0.2) is 74.5 Å². The summed E-state index contributed by atoms with van der Waals surface area (Å²) < 4.78 is 136. The molecule has 4 bridgehead atoms. The number of aryl methyl sites for hydroxylation is 2. The minimum absolute atomic E-state index is 0. The van der Waals surface area contributed by atoms with Crippen molar-refractivity contribution in [2.45, 2.75) is 13.8 Å². The van der Waals surface area contributed by atoms with Crippen molar-refractivity contribution in [2.24, 2.45) is 31.4 Å². The Morgan fingerprint density at radius 3 is 0.914 bits per heavy atom. The van der Waals surface area contributed by atoms with Gasteiger partial charge in [-0.15, -0.1) is 41.0 Å². The van der Waals surface area contributed by atoms with Crippen LogP contribution in [0.5, 0.6) is 11.5 Å². The zero-order valence-electron chi connectivity index (χ0n) is 37.3. The number of hydrogen-bond donors (Lipinski definition) is 6. The van der Waals surface area contributed by atoms with Gasteiger partial charge in [0.25, 0.3) is 0 Å². The Balaban J connectivity index is -0.000000359. The van der Waals surface area contributed by atoms with Crippen LogP contribution >= 0.6 is 0 Å². The first-order valence-electron chi connectivity index (χ1n) is 18.8. The van der Waals surface area contributed by atoms with Crippen LogP contribution in [0.4, 0.5) is 0 Å². The summed E-state index contributed by atoms with van der Waals surface area (Å²) >= 11 is 0. The number of phenolic OH excluding ortho intramolecular Hbond substituents is 2. The summed E-state index contributed by atoms with van der Waals surface area (Å²) in [5, 5.41) is 28.6. The van der Waals surface area contributed by atoms with Crippen molar-refractivity contribution in [2.75, 3.05) is 105 Å². The Labute approximate surface area is 433 Å². The van der Waals surface area contributed by atoms with E-state index in [1.807, 2.05) is 38.1 Å². The summed E-state index contributed by atoms with van der Waals surface area (Å²) in [7, 11) is -19.8. The molecule has 1 aliphatic rings. The number of nitrogens with zero attached hydrogens (tertiary/aromatic N) is 6. The number of aromatic hydroxyl groups is 2. The van der Waals surface area contributed by atoms with E-state index in [0.29, 0.717) is 61.5 Å². The molecule has 2 radical (unpaired) electrons. The molecule has 0 aliphatic carbocycles. The molecule has 0 spiro atoms. The third-order valence-corrected chi connectivity index (χ3v) is 7.57. The molecule has 3 rings (SSSR count). The number of nitrogens with one attached hydrogen (secondary N) is 2. The first-order chi connectivity index (χ1) is 30.4. The quantitative estimate of drug-likeness (QED) is 0.155. The molecular formula is C34H58Cl4Cu2N10O20. The van der Waals surface area contributed by atoms with Crippen LogP contribution in [0.15, 0.2) is 44.2 Å². The van der Waals surface area contributed by atoms with Crippen molar-refractivity contribution in [3.05, 3.63) is 57.6 Å². The van der Waals surface area contributed by atoms with Gasteiger partial charge in [0.05, 0.1) is 26.2 Å². The number of halogens is 4. The van der Waals surface area contributed by atoms with Crippen molar-refractivity contribution >= 4 is 24.9 Å². The molecule has 0 unspecified atom stereocenters. The van der Waals surface area contributed by atoms with Crippen molar-refractivity contribution in [1.29, 1.82) is 0 Å². The normalized spacial score (nSPS) is 15.0. The van der Waals surface area contributed by atoms with E-state index < -0.39 is 41.0 Å². The molecule has 36 heteroatoms. The number of hydrogen-bond acceptors (Lipinski definition) is 28. The zero-order valence-corrected chi connectivity index (χ0v) is 42.2. The average Bonchev–Trinajstić information content (AvgIpc) is 3.14. The minimum atomic E-state index is -4.94. The molecule has 2 aromatic rings. The minimum Gasteiger partial charge on any atom is -0.507 e. The summed E-state index contributed by atoms with van der Waals surface area (Å²) in [6.07, 6.45) is 6.94. The molecule has 0 fully saturated rings. The average molecular weight is 1200 g/mol. The smallest absolute Gasteiger partial charge is 0.507 e. The van der Waals surface area contributed by atoms with Gasteiger partial charge in [-0.1, -0.05) is 0 Å². The summed E-state index contributed by atoms with van der Waals surface area (Å²) in [4.78, 5) is 22.8. The summed E-state index contributed by atoms with van der Waals surface area (Å²) in [6.45, 7) is 15.4. The van der Waals surface area contributed by atoms with E-state index in [0.717, 1.165) is 76.6 Å². The molecule has 12 N–H and O–H groups in total. The van der Waals surface area contributed by atoms with Gasteiger partial charge in [-0.3, -0.25) is 29.8 Å². The Kier molecular flexibility index (Phi) is 49.2. The molecule has 0 atom stereocenters. The third-order valence-electron chi connectivity index (χ3n) is 7.57. The zero-order chi connectivity index (χ0) is 51.0. The molecule has 70 heavy (non-hydrogen) atoms. The first kappa shape index (κ1) is 79.4. The second-order valence-corrected chi connectivity index (χ2v) is 16.0. The predicted octanol–water partition coefficient (Wildman–Crippen LogP) is -19.9. The van der Waals surface area contributed by atoms with E-state index in [2.05, 4.69) is 40.4 Å². The molecule has 1 aliphatic heterocycles. The van der Waals surface area contributed by atoms with E-state index in [-0.39, 0.29) is 56.6 Å². The van der Waals surface area contributed by atoms with Gasteiger partial charge >= 0.3 is 34.1 Å². The molecular weight excluding hydrogens is 1140 g/mol. The molecule has 0 saturated carbocycles. The number of fused-ring (bicyclic) bond motifs is 4. The van der Waals surface area contributed by atoms with E-state index in [1.54, 1.807) is 24.9 Å². The van der Waals surface area contributed by atoms with Gasteiger partial charge < -0.3 is 43.3 Å². The van der Waals surface area contributed by atoms with E-state index >= 15 is 0 Å². The van der Waals surface area contributed by atoms with Crippen LogP contribution in [0.3, 0.4) is 0 Å². The van der Waals surface area contributed by atoms with Crippen LogP contribution in [0, 0.1) is 54.8 Å². The largest absolute Gasteiger partial charge is 2.00 e. The Morgan fingerprint density at radius 2 is 0.686 bits per heavy atom. The Bertz CT molecular complexity index is 1580. The molecule has 1 heterocycles. The second-order valence-electron chi connectivity index (χ2n) is 13.0. The van der Waals surface area contributed by atoms with Crippen LogP contribution in [-0.4, -0.2) is 161 Å². The van der Waals surface area contributed by atoms with E-state index in [1.165, 1.54) is 0 Å². The number of rotatable bonds is 4. The molecule has 414 valence electrons.